The molecule has 1 saturated carbocycles. The molecule has 0 radical (unpaired) electrons. The van der Waals surface area contributed by atoms with Crippen molar-refractivity contribution in [3.8, 4) is 0 Å². The third-order valence-corrected chi connectivity index (χ3v) is 6.42. The van der Waals surface area contributed by atoms with Crippen molar-refractivity contribution < 1.29 is 4.39 Å². The van der Waals surface area contributed by atoms with Crippen LogP contribution in [0.2, 0.25) is 0 Å². The lowest BCUT2D eigenvalue weighted by atomic mass is 9.93. The highest BCUT2D eigenvalue weighted by atomic mass is 19.1. The fourth-order valence-corrected chi connectivity index (χ4v) is 4.88. The Labute approximate surface area is 163 Å². The van der Waals surface area contributed by atoms with Crippen LogP contribution in [0, 0.1) is 5.82 Å². The molecular formula is C24H31FN2. The van der Waals surface area contributed by atoms with Crippen LogP contribution >= 0.6 is 0 Å². The number of rotatable bonds is 5. The second-order valence-electron chi connectivity index (χ2n) is 8.09. The Morgan fingerprint density at radius 3 is 2.19 bits per heavy atom. The largest absolute Gasteiger partial charge is 0.298 e. The Morgan fingerprint density at radius 2 is 1.48 bits per heavy atom. The van der Waals surface area contributed by atoms with Crippen molar-refractivity contribution in [2.24, 2.45) is 0 Å². The fourth-order valence-electron chi connectivity index (χ4n) is 4.88. The van der Waals surface area contributed by atoms with Crippen molar-refractivity contribution in [1.29, 1.82) is 0 Å². The Morgan fingerprint density at radius 1 is 0.815 bits per heavy atom. The van der Waals surface area contributed by atoms with Crippen LogP contribution in [0.3, 0.4) is 0 Å². The lowest BCUT2D eigenvalue weighted by molar-refractivity contribution is 0.0551. The van der Waals surface area contributed by atoms with Crippen molar-refractivity contribution in [3.05, 3.63) is 71.5 Å². The highest BCUT2D eigenvalue weighted by Gasteiger charge is 2.30. The summed E-state index contributed by atoms with van der Waals surface area (Å²) in [6, 6.07) is 18.7. The molecule has 0 bridgehead atoms. The summed E-state index contributed by atoms with van der Waals surface area (Å²) in [5.74, 6) is -0.0758. The molecule has 1 aliphatic heterocycles. The van der Waals surface area contributed by atoms with Gasteiger partial charge < -0.3 is 0 Å². The van der Waals surface area contributed by atoms with Crippen molar-refractivity contribution in [3.63, 3.8) is 0 Å². The first-order chi connectivity index (χ1) is 13.3. The summed E-state index contributed by atoms with van der Waals surface area (Å²) in [7, 11) is 0. The average molecular weight is 367 g/mol. The topological polar surface area (TPSA) is 6.48 Å². The minimum Gasteiger partial charge on any atom is -0.298 e. The van der Waals surface area contributed by atoms with E-state index in [0.717, 1.165) is 44.2 Å². The third kappa shape index (κ3) is 4.59. The molecule has 3 heteroatoms. The molecule has 0 aromatic heterocycles. The van der Waals surface area contributed by atoms with E-state index in [1.165, 1.54) is 37.7 Å². The van der Waals surface area contributed by atoms with E-state index in [9.17, 15) is 4.39 Å². The maximum atomic E-state index is 14.6. The van der Waals surface area contributed by atoms with Gasteiger partial charge in [-0.3, -0.25) is 9.80 Å². The monoisotopic (exact) mass is 366 g/mol. The van der Waals surface area contributed by atoms with E-state index in [2.05, 4.69) is 34.1 Å². The van der Waals surface area contributed by atoms with E-state index in [0.29, 0.717) is 0 Å². The fraction of sp³-hybridized carbons (Fsp3) is 0.500. The van der Waals surface area contributed by atoms with Crippen molar-refractivity contribution in [2.75, 3.05) is 26.2 Å². The van der Waals surface area contributed by atoms with Gasteiger partial charge in [-0.15, -0.1) is 0 Å². The Hall–Kier alpha value is -1.71. The van der Waals surface area contributed by atoms with E-state index in [-0.39, 0.29) is 11.9 Å². The molecule has 0 spiro atoms. The zero-order valence-electron chi connectivity index (χ0n) is 16.2. The first-order valence-electron chi connectivity index (χ1n) is 10.6. The van der Waals surface area contributed by atoms with Gasteiger partial charge in [0.15, 0.2) is 0 Å². The van der Waals surface area contributed by atoms with Crippen LogP contribution in [-0.2, 0) is 6.42 Å². The molecule has 27 heavy (non-hydrogen) atoms. The molecule has 4 rings (SSSR count). The van der Waals surface area contributed by atoms with Gasteiger partial charge in [0, 0.05) is 43.8 Å². The molecule has 1 heterocycles. The van der Waals surface area contributed by atoms with Crippen LogP contribution in [0.4, 0.5) is 4.39 Å². The standard InChI is InChI=1S/C24H31FN2/c25-23-14-8-7-13-22(23)24(19-20-9-3-1-4-10-20)27-17-15-26(16-18-27)21-11-5-2-6-12-21/h1,3-4,7-10,13-14,21,24H,2,5-6,11-12,15-19H2. The van der Waals surface area contributed by atoms with Gasteiger partial charge in [0.2, 0.25) is 0 Å². The van der Waals surface area contributed by atoms with Crippen molar-refractivity contribution in [2.45, 2.75) is 50.6 Å². The van der Waals surface area contributed by atoms with Gasteiger partial charge >= 0.3 is 0 Å². The lowest BCUT2D eigenvalue weighted by Crippen LogP contribution is -2.51. The minimum atomic E-state index is -0.0758. The average Bonchev–Trinajstić information content (AvgIpc) is 2.74. The van der Waals surface area contributed by atoms with E-state index < -0.39 is 0 Å². The number of piperazine rings is 1. The number of nitrogens with zero attached hydrogens (tertiary/aromatic N) is 2. The number of halogens is 1. The Bertz CT molecular complexity index is 703. The van der Waals surface area contributed by atoms with Gasteiger partial charge in [-0.2, -0.15) is 0 Å². The van der Waals surface area contributed by atoms with E-state index >= 15 is 0 Å². The number of hydrogen-bond donors (Lipinski definition) is 0. The number of hydrogen-bond acceptors (Lipinski definition) is 2. The molecule has 1 unspecified atom stereocenters. The molecule has 2 aliphatic rings. The van der Waals surface area contributed by atoms with Gasteiger partial charge in [-0.05, 0) is 30.9 Å². The van der Waals surface area contributed by atoms with Crippen LogP contribution in [0.1, 0.15) is 49.3 Å². The molecule has 2 fully saturated rings. The van der Waals surface area contributed by atoms with E-state index in [1.807, 2.05) is 18.2 Å². The quantitative estimate of drug-likeness (QED) is 0.730. The van der Waals surface area contributed by atoms with E-state index in [1.54, 1.807) is 12.1 Å². The SMILES string of the molecule is Fc1ccccc1C(Cc1ccccc1)N1CCN(C2CCCCC2)CC1. The van der Waals surface area contributed by atoms with Crippen LogP contribution in [-0.4, -0.2) is 42.0 Å². The summed E-state index contributed by atoms with van der Waals surface area (Å²) in [6.45, 7) is 4.29. The molecule has 144 valence electrons. The summed E-state index contributed by atoms with van der Waals surface area (Å²) in [6.07, 6.45) is 7.77. The molecule has 2 aromatic carbocycles. The van der Waals surface area contributed by atoms with Crippen LogP contribution < -0.4 is 0 Å². The second-order valence-corrected chi connectivity index (χ2v) is 8.09. The minimum absolute atomic E-state index is 0.0758. The molecular weight excluding hydrogens is 335 g/mol. The van der Waals surface area contributed by atoms with Crippen LogP contribution in [0.15, 0.2) is 54.6 Å². The third-order valence-electron chi connectivity index (χ3n) is 6.42. The van der Waals surface area contributed by atoms with Crippen LogP contribution in [0.5, 0.6) is 0 Å². The molecule has 0 amide bonds. The maximum absolute atomic E-state index is 14.6. The van der Waals surface area contributed by atoms with Crippen molar-refractivity contribution in [1.82, 2.24) is 9.80 Å². The lowest BCUT2D eigenvalue weighted by Gasteiger charge is -2.43. The Kier molecular flexibility index (Phi) is 6.21. The zero-order chi connectivity index (χ0) is 18.5. The van der Waals surface area contributed by atoms with E-state index in [4.69, 9.17) is 0 Å². The van der Waals surface area contributed by atoms with Crippen LogP contribution in [0.25, 0.3) is 0 Å². The highest BCUT2D eigenvalue weighted by molar-refractivity contribution is 5.25. The number of benzene rings is 2. The van der Waals surface area contributed by atoms with Gasteiger partial charge in [-0.1, -0.05) is 67.8 Å². The molecule has 0 N–H and O–H groups in total. The summed E-state index contributed by atoms with van der Waals surface area (Å²) in [4.78, 5) is 5.20. The Balaban J connectivity index is 1.48. The molecule has 2 aromatic rings. The summed E-state index contributed by atoms with van der Waals surface area (Å²) in [5, 5.41) is 0. The molecule has 1 atom stereocenters. The summed E-state index contributed by atoms with van der Waals surface area (Å²) in [5.41, 5.74) is 2.12. The molecule has 2 nitrogen and oxygen atoms in total. The molecule has 1 aliphatic carbocycles. The first-order valence-corrected chi connectivity index (χ1v) is 10.6. The molecule has 1 saturated heterocycles. The van der Waals surface area contributed by atoms with Gasteiger partial charge in [-0.25, -0.2) is 4.39 Å². The summed E-state index contributed by atoms with van der Waals surface area (Å²) < 4.78 is 14.6. The van der Waals surface area contributed by atoms with Gasteiger partial charge in [0.05, 0.1) is 0 Å². The smallest absolute Gasteiger partial charge is 0.127 e. The first kappa shape index (κ1) is 18.6. The predicted octanol–water partition coefficient (Wildman–Crippen LogP) is 5.06. The van der Waals surface area contributed by atoms with Gasteiger partial charge in [0.25, 0.3) is 0 Å². The zero-order valence-corrected chi connectivity index (χ0v) is 16.2. The van der Waals surface area contributed by atoms with Gasteiger partial charge in [0.1, 0.15) is 5.82 Å². The maximum Gasteiger partial charge on any atom is 0.127 e. The van der Waals surface area contributed by atoms with Crippen molar-refractivity contribution >= 4 is 0 Å². The predicted molar refractivity (Wildman–Crippen MR) is 109 cm³/mol. The second kappa shape index (κ2) is 8.99. The highest BCUT2D eigenvalue weighted by Crippen LogP contribution is 2.30. The normalized spacial score (nSPS) is 21.2. The summed E-state index contributed by atoms with van der Waals surface area (Å²) >= 11 is 0.